The van der Waals surface area contributed by atoms with Crippen molar-refractivity contribution in [3.05, 3.63) is 65.8 Å². The Hall–Kier alpha value is -4.99. The number of nitrogens with zero attached hydrogens (tertiary/aromatic N) is 4. The number of carbonyl (C=O) groups is 3. The number of fused-ring (bicyclic) bond motifs is 1. The number of morpholine rings is 1. The number of esters is 1. The van der Waals surface area contributed by atoms with Crippen LogP contribution in [0.1, 0.15) is 32.8 Å². The van der Waals surface area contributed by atoms with E-state index in [0.717, 1.165) is 25.2 Å². The Morgan fingerprint density at radius 1 is 1.02 bits per heavy atom. The van der Waals surface area contributed by atoms with Crippen LogP contribution in [0.2, 0.25) is 0 Å². The number of rotatable bonds is 7. The lowest BCUT2D eigenvalue weighted by Crippen LogP contribution is -2.36. The van der Waals surface area contributed by atoms with Crippen LogP contribution in [0.4, 0.5) is 24.7 Å². The smallest absolute Gasteiger partial charge is 0.427 e. The molecule has 0 aliphatic carbocycles. The van der Waals surface area contributed by atoms with E-state index in [1.54, 1.807) is 12.1 Å². The van der Waals surface area contributed by atoms with Gasteiger partial charge in [-0.25, -0.2) is 4.79 Å². The molecule has 0 bridgehead atoms. The van der Waals surface area contributed by atoms with Crippen LogP contribution in [-0.2, 0) is 14.3 Å². The van der Waals surface area contributed by atoms with Gasteiger partial charge in [0.2, 0.25) is 18.4 Å². The first kappa shape index (κ1) is 26.6. The monoisotopic (exact) mass is 559 g/mol. The van der Waals surface area contributed by atoms with Gasteiger partial charge in [-0.3, -0.25) is 14.7 Å². The van der Waals surface area contributed by atoms with E-state index in [0.29, 0.717) is 29.7 Å². The molecule has 40 heavy (non-hydrogen) atoms. The Labute approximate surface area is 222 Å². The zero-order chi connectivity index (χ0) is 28.3. The summed E-state index contributed by atoms with van der Waals surface area (Å²) in [6, 6.07) is 11.2. The maximum Gasteiger partial charge on any atom is 0.491 e. The first-order valence-electron chi connectivity index (χ1n) is 11.8. The second-order valence-corrected chi connectivity index (χ2v) is 8.48. The molecule has 2 aromatic heterocycles. The number of aromatic amines is 1. The van der Waals surface area contributed by atoms with Gasteiger partial charge in [-0.1, -0.05) is 5.16 Å². The third-order valence-corrected chi connectivity index (χ3v) is 5.89. The lowest BCUT2D eigenvalue weighted by atomic mass is 10.1. The van der Waals surface area contributed by atoms with Gasteiger partial charge in [-0.15, -0.1) is 0 Å². The van der Waals surface area contributed by atoms with E-state index in [2.05, 4.69) is 45.1 Å². The summed E-state index contributed by atoms with van der Waals surface area (Å²) < 4.78 is 52.3. The number of aromatic nitrogens is 4. The first-order valence-corrected chi connectivity index (χ1v) is 11.8. The Morgan fingerprint density at radius 2 is 1.75 bits per heavy atom. The number of H-pyrrole nitrogens is 1. The number of hydrogen-bond donors (Lipinski definition) is 3. The highest BCUT2D eigenvalue weighted by Crippen LogP contribution is 2.25. The van der Waals surface area contributed by atoms with Gasteiger partial charge < -0.3 is 29.5 Å². The minimum Gasteiger partial charge on any atom is -0.427 e. The van der Waals surface area contributed by atoms with Crippen LogP contribution in [0.25, 0.3) is 10.9 Å². The van der Waals surface area contributed by atoms with Gasteiger partial charge >= 0.3 is 12.1 Å². The molecule has 16 heteroatoms. The standard InChI is InChI=1S/C24H20F3N7O6/c25-24(26,27)23(37)40-22(19-28-12-39-33-19)30-21(36)14-3-6-17-16(11-14)18(32-31-17)29-20(35)13-1-4-15(5-2-13)34-7-9-38-10-8-34/h1-6,11-12,22H,7-10H2,(H,30,36)(H2,29,31,32,35). The number of carbonyl (C=O) groups excluding carboxylic acids is 3. The molecule has 1 aliphatic heterocycles. The second kappa shape index (κ2) is 11.0. The Bertz CT molecular complexity index is 1520. The summed E-state index contributed by atoms with van der Waals surface area (Å²) in [5, 5.41) is 15.3. The molecule has 3 N–H and O–H groups in total. The highest BCUT2D eigenvalue weighted by Gasteiger charge is 2.43. The van der Waals surface area contributed by atoms with Gasteiger partial charge in [0.05, 0.1) is 18.7 Å². The highest BCUT2D eigenvalue weighted by molar-refractivity contribution is 6.09. The van der Waals surface area contributed by atoms with Gasteiger partial charge in [-0.05, 0) is 42.5 Å². The minimum atomic E-state index is -5.32. The molecule has 1 fully saturated rings. The van der Waals surface area contributed by atoms with Crippen molar-refractivity contribution in [3.63, 3.8) is 0 Å². The maximum atomic E-state index is 12.9. The average molecular weight is 559 g/mol. The van der Waals surface area contributed by atoms with Crippen molar-refractivity contribution in [1.82, 2.24) is 25.7 Å². The molecule has 13 nitrogen and oxygen atoms in total. The van der Waals surface area contributed by atoms with Crippen LogP contribution in [0.3, 0.4) is 0 Å². The number of nitrogens with one attached hydrogen (secondary N) is 3. The van der Waals surface area contributed by atoms with Gasteiger partial charge in [-0.2, -0.15) is 23.3 Å². The van der Waals surface area contributed by atoms with E-state index in [4.69, 9.17) is 4.74 Å². The van der Waals surface area contributed by atoms with E-state index < -0.39 is 36.0 Å². The molecule has 1 unspecified atom stereocenters. The molecule has 208 valence electrons. The first-order chi connectivity index (χ1) is 19.2. The summed E-state index contributed by atoms with van der Waals surface area (Å²) in [5.74, 6) is -4.33. The lowest BCUT2D eigenvalue weighted by Gasteiger charge is -2.28. The van der Waals surface area contributed by atoms with Crippen molar-refractivity contribution in [2.45, 2.75) is 12.4 Å². The van der Waals surface area contributed by atoms with Crippen LogP contribution >= 0.6 is 0 Å². The van der Waals surface area contributed by atoms with Crippen LogP contribution in [0.5, 0.6) is 0 Å². The molecule has 0 radical (unpaired) electrons. The number of ether oxygens (including phenoxy) is 2. The van der Waals surface area contributed by atoms with E-state index in [1.165, 1.54) is 18.2 Å². The Morgan fingerprint density at radius 3 is 2.42 bits per heavy atom. The molecule has 1 atom stereocenters. The molecule has 3 heterocycles. The number of halogens is 3. The van der Waals surface area contributed by atoms with Crippen molar-refractivity contribution in [1.29, 1.82) is 0 Å². The summed E-state index contributed by atoms with van der Waals surface area (Å²) >= 11 is 0. The average Bonchev–Trinajstić information content (AvgIpc) is 3.63. The molecular formula is C24H20F3N7O6. The third kappa shape index (κ3) is 5.85. The quantitative estimate of drug-likeness (QED) is 0.226. The number of anilines is 2. The normalized spacial score (nSPS) is 14.5. The third-order valence-electron chi connectivity index (χ3n) is 5.89. The largest absolute Gasteiger partial charge is 0.491 e. The van der Waals surface area contributed by atoms with Gasteiger partial charge in [0, 0.05) is 35.3 Å². The zero-order valence-electron chi connectivity index (χ0n) is 20.4. The lowest BCUT2D eigenvalue weighted by molar-refractivity contribution is -0.206. The fraction of sp³-hybridized carbons (Fsp3) is 0.250. The van der Waals surface area contributed by atoms with Crippen molar-refractivity contribution in [2.24, 2.45) is 0 Å². The molecule has 1 saturated heterocycles. The summed E-state index contributed by atoms with van der Waals surface area (Å²) in [4.78, 5) is 42.8. The molecule has 2 aromatic carbocycles. The van der Waals surface area contributed by atoms with Crippen LogP contribution < -0.4 is 15.5 Å². The molecule has 0 spiro atoms. The number of hydrogen-bond acceptors (Lipinski definition) is 10. The second-order valence-electron chi connectivity index (χ2n) is 8.48. The topological polar surface area (TPSA) is 165 Å². The molecule has 0 saturated carbocycles. The number of benzene rings is 2. The van der Waals surface area contributed by atoms with Gasteiger partial charge in [0.25, 0.3) is 11.8 Å². The summed E-state index contributed by atoms with van der Waals surface area (Å²) in [6.07, 6.45) is -6.52. The molecule has 1 aliphatic rings. The molecular weight excluding hydrogens is 539 g/mol. The Kier molecular flexibility index (Phi) is 7.33. The SMILES string of the molecule is O=C(Nc1n[nH]c2ccc(C(=O)NC(OC(=O)C(F)(F)F)c3ncon3)cc12)c1ccc(N2CCOCC2)cc1. The van der Waals surface area contributed by atoms with Gasteiger partial charge in [0.15, 0.2) is 5.82 Å². The van der Waals surface area contributed by atoms with Crippen LogP contribution in [-0.4, -0.2) is 70.6 Å². The predicted octanol–water partition coefficient (Wildman–Crippen LogP) is 2.57. The van der Waals surface area contributed by atoms with Crippen molar-refractivity contribution in [2.75, 3.05) is 36.5 Å². The fourth-order valence-corrected chi connectivity index (χ4v) is 3.89. The van der Waals surface area contributed by atoms with Crippen LogP contribution in [0, 0.1) is 0 Å². The van der Waals surface area contributed by atoms with E-state index in [1.807, 2.05) is 12.1 Å². The van der Waals surface area contributed by atoms with Crippen molar-refractivity contribution in [3.8, 4) is 0 Å². The highest BCUT2D eigenvalue weighted by atomic mass is 19.4. The number of alkyl halides is 3. The predicted molar refractivity (Wildman–Crippen MR) is 130 cm³/mol. The Balaban J connectivity index is 1.31. The van der Waals surface area contributed by atoms with E-state index in [-0.39, 0.29) is 11.4 Å². The summed E-state index contributed by atoms with van der Waals surface area (Å²) in [7, 11) is 0. The molecule has 5 rings (SSSR count). The van der Waals surface area contributed by atoms with Gasteiger partial charge in [0.1, 0.15) is 0 Å². The zero-order valence-corrected chi connectivity index (χ0v) is 20.4. The molecule has 2 amide bonds. The van der Waals surface area contributed by atoms with Crippen molar-refractivity contribution >= 4 is 40.2 Å². The number of amides is 2. The molecule has 4 aromatic rings. The minimum absolute atomic E-state index is 0.0455. The van der Waals surface area contributed by atoms with Crippen LogP contribution in [0.15, 0.2) is 53.4 Å². The fourth-order valence-electron chi connectivity index (χ4n) is 3.89. The van der Waals surface area contributed by atoms with Crippen molar-refractivity contribution < 1.29 is 41.6 Å². The maximum absolute atomic E-state index is 12.9. The summed E-state index contributed by atoms with van der Waals surface area (Å²) in [6.45, 7) is 2.76. The van der Waals surface area contributed by atoms with E-state index in [9.17, 15) is 27.6 Å². The van der Waals surface area contributed by atoms with E-state index >= 15 is 0 Å². The summed E-state index contributed by atoms with van der Waals surface area (Å²) in [5.41, 5.74) is 1.75.